The average Bonchev–Trinajstić information content (AvgIpc) is 2.53. The van der Waals surface area contributed by atoms with Crippen LogP contribution in [0.1, 0.15) is 29.2 Å². The molecule has 3 heteroatoms. The van der Waals surface area contributed by atoms with Crippen LogP contribution in [0.4, 0.5) is 0 Å². The Balaban J connectivity index is 1.68. The molecule has 0 aromatic heterocycles. The van der Waals surface area contributed by atoms with Crippen molar-refractivity contribution in [3.05, 3.63) is 63.6 Å². The summed E-state index contributed by atoms with van der Waals surface area (Å²) < 4.78 is 12.3. The lowest BCUT2D eigenvalue weighted by atomic mass is 9.94. The van der Waals surface area contributed by atoms with E-state index in [2.05, 4.69) is 46.3 Å². The number of halogens is 1. The van der Waals surface area contributed by atoms with Crippen LogP contribution in [0, 0.1) is 0 Å². The van der Waals surface area contributed by atoms with Crippen molar-refractivity contribution in [2.75, 3.05) is 13.7 Å². The maximum Gasteiger partial charge on any atom is 0.118 e. The van der Waals surface area contributed by atoms with Gasteiger partial charge >= 0.3 is 0 Å². The monoisotopic (exact) mass is 346 g/mol. The van der Waals surface area contributed by atoms with Crippen molar-refractivity contribution >= 4 is 15.9 Å². The van der Waals surface area contributed by atoms with Gasteiger partial charge in [0.1, 0.15) is 5.75 Å². The van der Waals surface area contributed by atoms with Crippen molar-refractivity contribution in [2.45, 2.75) is 25.4 Å². The van der Waals surface area contributed by atoms with E-state index in [1.54, 1.807) is 7.11 Å². The highest BCUT2D eigenvalue weighted by molar-refractivity contribution is 9.10. The van der Waals surface area contributed by atoms with Gasteiger partial charge in [0.25, 0.3) is 0 Å². The molecular formula is C18H19BrO2. The second-order valence-electron chi connectivity index (χ2n) is 5.34. The third-order valence-electron chi connectivity index (χ3n) is 4.00. The normalized spacial score (nSPS) is 17.3. The lowest BCUT2D eigenvalue weighted by molar-refractivity contribution is 0.0367. The van der Waals surface area contributed by atoms with Gasteiger partial charge in [-0.15, -0.1) is 0 Å². The Bertz CT molecular complexity index is 607. The van der Waals surface area contributed by atoms with Crippen LogP contribution in [0.5, 0.6) is 5.75 Å². The Labute approximate surface area is 134 Å². The predicted octanol–water partition coefficient (Wildman–Crippen LogP) is 4.70. The maximum absolute atomic E-state index is 5.97. The molecule has 0 saturated heterocycles. The summed E-state index contributed by atoms with van der Waals surface area (Å²) in [7, 11) is 1.69. The van der Waals surface area contributed by atoms with E-state index in [4.69, 9.17) is 9.47 Å². The second kappa shape index (κ2) is 6.63. The van der Waals surface area contributed by atoms with Crippen LogP contribution >= 0.6 is 15.9 Å². The molecule has 0 aliphatic carbocycles. The van der Waals surface area contributed by atoms with Crippen molar-refractivity contribution in [1.82, 2.24) is 0 Å². The zero-order valence-electron chi connectivity index (χ0n) is 12.1. The summed E-state index contributed by atoms with van der Waals surface area (Å²) in [6.45, 7) is 0.816. The first kappa shape index (κ1) is 14.6. The number of hydrogen-bond donors (Lipinski definition) is 0. The molecule has 0 N–H and O–H groups in total. The predicted molar refractivity (Wildman–Crippen MR) is 87.9 cm³/mol. The largest absolute Gasteiger partial charge is 0.497 e. The molecular weight excluding hydrogens is 328 g/mol. The van der Waals surface area contributed by atoms with Crippen LogP contribution in [0.3, 0.4) is 0 Å². The van der Waals surface area contributed by atoms with Gasteiger partial charge in [-0.05, 0) is 60.2 Å². The van der Waals surface area contributed by atoms with Gasteiger partial charge in [0, 0.05) is 4.47 Å². The van der Waals surface area contributed by atoms with Gasteiger partial charge in [0.15, 0.2) is 0 Å². The number of hydrogen-bond acceptors (Lipinski definition) is 2. The van der Waals surface area contributed by atoms with Crippen LogP contribution in [-0.2, 0) is 17.6 Å². The van der Waals surface area contributed by atoms with Crippen LogP contribution in [-0.4, -0.2) is 13.7 Å². The Morgan fingerprint density at radius 2 is 2.00 bits per heavy atom. The molecule has 1 heterocycles. The summed E-state index contributed by atoms with van der Waals surface area (Å²) in [5, 5.41) is 0. The molecule has 1 aliphatic rings. The highest BCUT2D eigenvalue weighted by atomic mass is 79.9. The lowest BCUT2D eigenvalue weighted by Crippen LogP contribution is -2.16. The molecule has 2 aromatic rings. The first-order valence-electron chi connectivity index (χ1n) is 7.29. The molecule has 0 amide bonds. The van der Waals surface area contributed by atoms with Gasteiger partial charge in [-0.25, -0.2) is 0 Å². The molecule has 2 nitrogen and oxygen atoms in total. The quantitative estimate of drug-likeness (QED) is 0.798. The lowest BCUT2D eigenvalue weighted by Gasteiger charge is -2.26. The van der Waals surface area contributed by atoms with E-state index in [0.29, 0.717) is 0 Å². The van der Waals surface area contributed by atoms with E-state index in [9.17, 15) is 0 Å². The molecule has 21 heavy (non-hydrogen) atoms. The van der Waals surface area contributed by atoms with Crippen molar-refractivity contribution in [3.63, 3.8) is 0 Å². The summed E-state index contributed by atoms with van der Waals surface area (Å²) in [6.07, 6.45) is 3.25. The Morgan fingerprint density at radius 1 is 1.19 bits per heavy atom. The van der Waals surface area contributed by atoms with Gasteiger partial charge in [-0.2, -0.15) is 0 Å². The molecule has 1 atom stereocenters. The molecule has 3 rings (SSSR count). The first-order chi connectivity index (χ1) is 10.3. The number of methoxy groups -OCH3 is 1. The Kier molecular flexibility index (Phi) is 4.61. The number of rotatable bonds is 4. The second-order valence-corrected chi connectivity index (χ2v) is 6.25. The van der Waals surface area contributed by atoms with Crippen LogP contribution in [0.2, 0.25) is 0 Å². The minimum absolute atomic E-state index is 0.212. The highest BCUT2D eigenvalue weighted by Crippen LogP contribution is 2.32. The number of aryl methyl sites for hydroxylation is 1. The fourth-order valence-electron chi connectivity index (χ4n) is 2.83. The molecule has 0 saturated carbocycles. The zero-order valence-corrected chi connectivity index (χ0v) is 13.7. The fourth-order valence-corrected chi connectivity index (χ4v) is 3.24. The molecule has 110 valence electrons. The standard InChI is InChI=1S/C18H19BrO2/c1-20-16-6-2-13(3-7-16)4-9-18-17-8-5-15(19)12-14(17)10-11-21-18/h2-3,5-8,12,18H,4,9-11H2,1H3. The Morgan fingerprint density at radius 3 is 2.76 bits per heavy atom. The average molecular weight is 347 g/mol. The number of fused-ring (bicyclic) bond motifs is 1. The summed E-state index contributed by atoms with van der Waals surface area (Å²) in [5.41, 5.74) is 4.08. The number of ether oxygens (including phenoxy) is 2. The van der Waals surface area contributed by atoms with Crippen molar-refractivity contribution < 1.29 is 9.47 Å². The molecule has 1 unspecified atom stereocenters. The van der Waals surface area contributed by atoms with Gasteiger partial charge in [0.2, 0.25) is 0 Å². The summed E-state index contributed by atoms with van der Waals surface area (Å²) >= 11 is 3.55. The van der Waals surface area contributed by atoms with Crippen molar-refractivity contribution in [2.24, 2.45) is 0 Å². The van der Waals surface area contributed by atoms with E-state index in [1.165, 1.54) is 16.7 Å². The molecule has 0 bridgehead atoms. The molecule has 1 aliphatic heterocycles. The molecule has 2 aromatic carbocycles. The summed E-state index contributed by atoms with van der Waals surface area (Å²) in [6, 6.07) is 14.8. The smallest absolute Gasteiger partial charge is 0.118 e. The Hall–Kier alpha value is -1.32. The maximum atomic E-state index is 5.97. The van der Waals surface area contributed by atoms with Crippen molar-refractivity contribution in [3.8, 4) is 5.75 Å². The van der Waals surface area contributed by atoms with Crippen molar-refractivity contribution in [1.29, 1.82) is 0 Å². The van der Waals surface area contributed by atoms with Gasteiger partial charge in [-0.1, -0.05) is 34.1 Å². The van der Waals surface area contributed by atoms with E-state index in [0.717, 1.165) is 36.1 Å². The van der Waals surface area contributed by atoms with E-state index < -0.39 is 0 Å². The fraction of sp³-hybridized carbons (Fsp3) is 0.333. The summed E-state index contributed by atoms with van der Waals surface area (Å²) in [4.78, 5) is 0. The van der Waals surface area contributed by atoms with E-state index in [1.807, 2.05) is 12.1 Å². The van der Waals surface area contributed by atoms with Crippen LogP contribution in [0.25, 0.3) is 0 Å². The van der Waals surface area contributed by atoms with Crippen LogP contribution < -0.4 is 4.74 Å². The molecule has 0 spiro atoms. The molecule has 0 fully saturated rings. The molecule has 0 radical (unpaired) electrons. The third kappa shape index (κ3) is 3.47. The minimum atomic E-state index is 0.212. The van der Waals surface area contributed by atoms with Crippen LogP contribution in [0.15, 0.2) is 46.9 Å². The van der Waals surface area contributed by atoms with Gasteiger partial charge < -0.3 is 9.47 Å². The van der Waals surface area contributed by atoms with Gasteiger partial charge in [-0.3, -0.25) is 0 Å². The minimum Gasteiger partial charge on any atom is -0.497 e. The third-order valence-corrected chi connectivity index (χ3v) is 4.49. The van der Waals surface area contributed by atoms with E-state index in [-0.39, 0.29) is 6.10 Å². The van der Waals surface area contributed by atoms with E-state index >= 15 is 0 Å². The van der Waals surface area contributed by atoms with Gasteiger partial charge in [0.05, 0.1) is 19.8 Å². The summed E-state index contributed by atoms with van der Waals surface area (Å²) in [5.74, 6) is 0.905. The SMILES string of the molecule is COc1ccc(CCC2OCCc3cc(Br)ccc32)cc1. The number of benzene rings is 2. The topological polar surface area (TPSA) is 18.5 Å². The zero-order chi connectivity index (χ0) is 14.7. The highest BCUT2D eigenvalue weighted by Gasteiger charge is 2.20. The first-order valence-corrected chi connectivity index (χ1v) is 8.08.